The highest BCUT2D eigenvalue weighted by atomic mass is 16.5. The van der Waals surface area contributed by atoms with E-state index in [0.29, 0.717) is 13.2 Å². The summed E-state index contributed by atoms with van der Waals surface area (Å²) in [6.07, 6.45) is 3.76. The molecule has 3 heteroatoms. The number of hydrogen-bond donors (Lipinski definition) is 1. The van der Waals surface area contributed by atoms with Gasteiger partial charge in [-0.3, -0.25) is 0 Å². The molecule has 0 amide bonds. The van der Waals surface area contributed by atoms with Crippen LogP contribution in [0.4, 0.5) is 0 Å². The average Bonchev–Trinajstić information content (AvgIpc) is 2.62. The third-order valence-corrected chi connectivity index (χ3v) is 4.24. The van der Waals surface area contributed by atoms with Crippen molar-refractivity contribution >= 4 is 0 Å². The topological polar surface area (TPSA) is 30.5 Å². The highest BCUT2D eigenvalue weighted by Crippen LogP contribution is 2.29. The second-order valence-corrected chi connectivity index (χ2v) is 6.31. The maximum atomic E-state index is 6.02. The molecular formula is C22H31NO2. The maximum absolute atomic E-state index is 6.02. The predicted molar refractivity (Wildman–Crippen MR) is 104 cm³/mol. The van der Waals surface area contributed by atoms with Gasteiger partial charge in [0.15, 0.2) is 11.5 Å². The summed E-state index contributed by atoms with van der Waals surface area (Å²) in [5, 5.41) is 3.49. The lowest BCUT2D eigenvalue weighted by molar-refractivity contribution is 0.268. The number of benzene rings is 2. The summed E-state index contributed by atoms with van der Waals surface area (Å²) < 4.78 is 11.8. The normalized spacial score (nSPS) is 10.7. The van der Waals surface area contributed by atoms with Gasteiger partial charge in [-0.15, -0.1) is 0 Å². The minimum atomic E-state index is 0.557. The van der Waals surface area contributed by atoms with E-state index in [0.717, 1.165) is 24.6 Å². The number of hydrogen-bond acceptors (Lipinski definition) is 3. The Bertz CT molecular complexity index is 640. The van der Waals surface area contributed by atoms with Gasteiger partial charge < -0.3 is 14.8 Å². The predicted octanol–water partition coefficient (Wildman–Crippen LogP) is 5.25. The van der Waals surface area contributed by atoms with E-state index in [1.54, 1.807) is 0 Å². The van der Waals surface area contributed by atoms with E-state index in [2.05, 4.69) is 43.4 Å². The molecule has 2 aromatic carbocycles. The largest absolute Gasteiger partial charge is 0.490 e. The summed E-state index contributed by atoms with van der Waals surface area (Å²) in [5.74, 6) is 1.63. The van der Waals surface area contributed by atoms with Crippen LogP contribution in [0.25, 0.3) is 0 Å². The van der Waals surface area contributed by atoms with E-state index in [4.69, 9.17) is 9.47 Å². The molecule has 0 aromatic heterocycles. The van der Waals surface area contributed by atoms with Gasteiger partial charge in [-0.25, -0.2) is 0 Å². The Labute approximate surface area is 152 Å². The van der Waals surface area contributed by atoms with Gasteiger partial charge in [-0.2, -0.15) is 0 Å². The van der Waals surface area contributed by atoms with E-state index >= 15 is 0 Å². The molecule has 2 rings (SSSR count). The van der Waals surface area contributed by atoms with Crippen LogP contribution in [0.1, 0.15) is 49.8 Å². The van der Waals surface area contributed by atoms with Crippen molar-refractivity contribution in [3.05, 3.63) is 59.2 Å². The summed E-state index contributed by atoms with van der Waals surface area (Å²) >= 11 is 0. The first kappa shape index (κ1) is 19.3. The van der Waals surface area contributed by atoms with Crippen molar-refractivity contribution in [1.82, 2.24) is 5.32 Å². The van der Waals surface area contributed by atoms with Gasteiger partial charge in [0.05, 0.1) is 6.61 Å². The van der Waals surface area contributed by atoms with Crippen molar-refractivity contribution in [3.8, 4) is 11.5 Å². The van der Waals surface area contributed by atoms with Crippen LogP contribution in [0.2, 0.25) is 0 Å². The van der Waals surface area contributed by atoms with Crippen LogP contribution in [0.3, 0.4) is 0 Å². The Morgan fingerprint density at radius 1 is 0.920 bits per heavy atom. The second kappa shape index (κ2) is 10.8. The van der Waals surface area contributed by atoms with Crippen molar-refractivity contribution in [2.24, 2.45) is 0 Å². The Balaban J connectivity index is 1.96. The minimum absolute atomic E-state index is 0.557. The van der Waals surface area contributed by atoms with Crippen LogP contribution < -0.4 is 14.8 Å². The molecule has 0 radical (unpaired) electrons. The lowest BCUT2D eigenvalue weighted by atomic mass is 10.1. The molecule has 3 nitrogen and oxygen atoms in total. The Kier molecular flexibility index (Phi) is 8.33. The van der Waals surface area contributed by atoms with Gasteiger partial charge in [0.2, 0.25) is 0 Å². The third kappa shape index (κ3) is 6.43. The number of unbranched alkanes of at least 4 members (excludes halogenated alkanes) is 2. The first-order valence-electron chi connectivity index (χ1n) is 9.38. The number of nitrogens with one attached hydrogen (secondary N) is 1. The van der Waals surface area contributed by atoms with E-state index < -0.39 is 0 Å². The van der Waals surface area contributed by atoms with Crippen molar-refractivity contribution in [2.75, 3.05) is 13.2 Å². The third-order valence-electron chi connectivity index (χ3n) is 4.24. The molecule has 136 valence electrons. The van der Waals surface area contributed by atoms with E-state index in [-0.39, 0.29) is 0 Å². The van der Waals surface area contributed by atoms with Gasteiger partial charge in [-0.1, -0.05) is 50.1 Å². The Morgan fingerprint density at radius 3 is 2.52 bits per heavy atom. The first-order chi connectivity index (χ1) is 12.2. The van der Waals surface area contributed by atoms with Gasteiger partial charge in [-0.05, 0) is 55.6 Å². The number of rotatable bonds is 11. The van der Waals surface area contributed by atoms with Crippen LogP contribution in [0, 0.1) is 6.92 Å². The summed E-state index contributed by atoms with van der Waals surface area (Å²) in [6, 6.07) is 14.5. The van der Waals surface area contributed by atoms with Crippen LogP contribution in [0.5, 0.6) is 11.5 Å². The summed E-state index contributed by atoms with van der Waals surface area (Å²) in [5.41, 5.74) is 3.67. The second-order valence-electron chi connectivity index (χ2n) is 6.31. The SMILES string of the molecule is CCCCCNCc1ccc(OCc2ccccc2C)c(OCC)c1. The molecule has 0 spiro atoms. The minimum Gasteiger partial charge on any atom is -0.490 e. The molecule has 0 aliphatic carbocycles. The fraction of sp³-hybridized carbons (Fsp3) is 0.455. The summed E-state index contributed by atoms with van der Waals surface area (Å²) in [4.78, 5) is 0. The van der Waals surface area contributed by atoms with Gasteiger partial charge in [0, 0.05) is 6.54 Å². The lowest BCUT2D eigenvalue weighted by Crippen LogP contribution is -2.14. The molecule has 0 aliphatic heterocycles. The highest BCUT2D eigenvalue weighted by Gasteiger charge is 2.08. The molecule has 0 heterocycles. The Morgan fingerprint density at radius 2 is 1.76 bits per heavy atom. The zero-order chi connectivity index (χ0) is 17.9. The molecule has 2 aromatic rings. The van der Waals surface area contributed by atoms with Crippen molar-refractivity contribution in [2.45, 2.75) is 53.2 Å². The fourth-order valence-electron chi connectivity index (χ4n) is 2.71. The molecule has 0 atom stereocenters. The highest BCUT2D eigenvalue weighted by molar-refractivity contribution is 5.43. The Hall–Kier alpha value is -2.00. The first-order valence-corrected chi connectivity index (χ1v) is 9.38. The quantitative estimate of drug-likeness (QED) is 0.566. The molecule has 0 saturated carbocycles. The van der Waals surface area contributed by atoms with Crippen LogP contribution in [-0.2, 0) is 13.2 Å². The van der Waals surface area contributed by atoms with E-state index in [9.17, 15) is 0 Å². The monoisotopic (exact) mass is 341 g/mol. The maximum Gasteiger partial charge on any atom is 0.161 e. The van der Waals surface area contributed by atoms with Crippen molar-refractivity contribution in [1.29, 1.82) is 0 Å². The molecular weight excluding hydrogens is 310 g/mol. The molecule has 0 bridgehead atoms. The fourth-order valence-corrected chi connectivity index (χ4v) is 2.71. The standard InChI is InChI=1S/C22H31NO2/c1-4-6-9-14-23-16-19-12-13-21(22(15-19)24-5-2)25-17-20-11-8-7-10-18(20)3/h7-8,10-13,15,23H,4-6,9,14,16-17H2,1-3H3. The van der Waals surface area contributed by atoms with Crippen LogP contribution >= 0.6 is 0 Å². The zero-order valence-electron chi connectivity index (χ0n) is 15.8. The molecule has 1 N–H and O–H groups in total. The molecule has 0 fully saturated rings. The van der Waals surface area contributed by atoms with Gasteiger partial charge in [0.25, 0.3) is 0 Å². The summed E-state index contributed by atoms with van der Waals surface area (Å²) in [6.45, 7) is 9.45. The molecule has 0 unspecified atom stereocenters. The van der Waals surface area contributed by atoms with Crippen molar-refractivity contribution in [3.63, 3.8) is 0 Å². The van der Waals surface area contributed by atoms with Gasteiger partial charge >= 0.3 is 0 Å². The number of aryl methyl sites for hydroxylation is 1. The van der Waals surface area contributed by atoms with Crippen LogP contribution in [-0.4, -0.2) is 13.2 Å². The summed E-state index contributed by atoms with van der Waals surface area (Å²) in [7, 11) is 0. The molecule has 0 aliphatic rings. The van der Waals surface area contributed by atoms with Gasteiger partial charge in [0.1, 0.15) is 6.61 Å². The smallest absolute Gasteiger partial charge is 0.161 e. The van der Waals surface area contributed by atoms with Crippen LogP contribution in [0.15, 0.2) is 42.5 Å². The lowest BCUT2D eigenvalue weighted by Gasteiger charge is -2.14. The average molecular weight is 341 g/mol. The van der Waals surface area contributed by atoms with E-state index in [1.807, 2.05) is 25.1 Å². The molecule has 0 saturated heterocycles. The van der Waals surface area contributed by atoms with Crippen molar-refractivity contribution < 1.29 is 9.47 Å². The molecule has 25 heavy (non-hydrogen) atoms. The zero-order valence-corrected chi connectivity index (χ0v) is 15.8. The number of ether oxygens (including phenoxy) is 2. The van der Waals surface area contributed by atoms with E-state index in [1.165, 1.54) is 36.0 Å².